The van der Waals surface area contributed by atoms with E-state index in [0.717, 1.165) is 14.6 Å². The molecule has 3 rings (SSSR count). The molecule has 4 nitrogen and oxygen atoms in total. The molecule has 0 bridgehead atoms. The summed E-state index contributed by atoms with van der Waals surface area (Å²) >= 11 is 2.15. The van der Waals surface area contributed by atoms with Crippen molar-refractivity contribution in [1.29, 1.82) is 0 Å². The summed E-state index contributed by atoms with van der Waals surface area (Å²) in [4.78, 5) is 25.9. The number of carbonyl (C=O) groups excluding carboxylic acids is 1. The van der Waals surface area contributed by atoms with Crippen LogP contribution in [0.4, 0.5) is 5.69 Å². The average Bonchev–Trinajstić information content (AvgIpc) is 2.59. The van der Waals surface area contributed by atoms with Gasteiger partial charge in [0.15, 0.2) is 0 Å². The van der Waals surface area contributed by atoms with Gasteiger partial charge in [-0.05, 0) is 59.0 Å². The zero-order valence-corrected chi connectivity index (χ0v) is 14.9. The molecule has 24 heavy (non-hydrogen) atoms. The predicted octanol–water partition coefficient (Wildman–Crippen LogP) is 4.23. The summed E-state index contributed by atoms with van der Waals surface area (Å²) < 4.78 is 6.03. The molecule has 0 spiro atoms. The van der Waals surface area contributed by atoms with Gasteiger partial charge in [0.2, 0.25) is 0 Å². The van der Waals surface area contributed by atoms with E-state index in [1.807, 2.05) is 24.3 Å². The zero-order chi connectivity index (χ0) is 17.1. The van der Waals surface area contributed by atoms with Crippen LogP contribution in [0.15, 0.2) is 76.5 Å². The Labute approximate surface area is 152 Å². The number of amides is 1. The Morgan fingerprint density at radius 3 is 2.71 bits per heavy atom. The maximum atomic E-state index is 12.9. The van der Waals surface area contributed by atoms with Crippen LogP contribution < -0.4 is 10.5 Å². The van der Waals surface area contributed by atoms with Crippen molar-refractivity contribution in [3.63, 3.8) is 0 Å². The molecule has 2 aromatic carbocycles. The van der Waals surface area contributed by atoms with E-state index >= 15 is 0 Å². The molecule has 5 heteroatoms. The van der Waals surface area contributed by atoms with Crippen LogP contribution in [0.1, 0.15) is 10.4 Å². The van der Waals surface area contributed by atoms with E-state index in [1.165, 1.54) is 6.07 Å². The molecule has 0 fully saturated rings. The lowest BCUT2D eigenvalue weighted by Crippen LogP contribution is -2.31. The standard InChI is InChI=1S/C19H14INO3/c1-2-11-21(19(23)15-5-3-4-6-16(15)20)14-8-9-17-13(12-14)7-10-18(22)24-17/h2-10,12H,1,11H2. The average molecular weight is 431 g/mol. The van der Waals surface area contributed by atoms with E-state index in [-0.39, 0.29) is 5.91 Å². The molecule has 0 saturated heterocycles. The molecule has 0 atom stereocenters. The Morgan fingerprint density at radius 1 is 1.17 bits per heavy atom. The summed E-state index contributed by atoms with van der Waals surface area (Å²) in [6.07, 6.45) is 1.68. The smallest absolute Gasteiger partial charge is 0.336 e. The highest BCUT2D eigenvalue weighted by Crippen LogP contribution is 2.24. The predicted molar refractivity (Wildman–Crippen MR) is 104 cm³/mol. The first-order valence-corrected chi connectivity index (χ1v) is 8.39. The van der Waals surface area contributed by atoms with Gasteiger partial charge in [0.1, 0.15) is 5.58 Å². The van der Waals surface area contributed by atoms with Crippen molar-refractivity contribution in [2.24, 2.45) is 0 Å². The van der Waals surface area contributed by atoms with Gasteiger partial charge in [0.05, 0.1) is 5.56 Å². The summed E-state index contributed by atoms with van der Waals surface area (Å²) in [5, 5.41) is 0.761. The second kappa shape index (κ2) is 7.00. The molecule has 0 aliphatic rings. The molecule has 0 aliphatic heterocycles. The van der Waals surface area contributed by atoms with Crippen LogP contribution in [0.25, 0.3) is 11.0 Å². The molecular weight excluding hydrogens is 417 g/mol. The number of fused-ring (bicyclic) bond motifs is 1. The van der Waals surface area contributed by atoms with Crippen LogP contribution >= 0.6 is 22.6 Å². The fraction of sp³-hybridized carbons (Fsp3) is 0.0526. The fourth-order valence-electron chi connectivity index (χ4n) is 2.44. The minimum absolute atomic E-state index is 0.100. The molecular formula is C19H14INO3. The summed E-state index contributed by atoms with van der Waals surface area (Å²) in [6.45, 7) is 4.12. The quantitative estimate of drug-likeness (QED) is 0.353. The van der Waals surface area contributed by atoms with Crippen molar-refractivity contribution in [2.45, 2.75) is 0 Å². The molecule has 0 saturated carbocycles. The SMILES string of the molecule is C=CCN(C(=O)c1ccccc1I)c1ccc2oc(=O)ccc2c1. The lowest BCUT2D eigenvalue weighted by molar-refractivity contribution is 0.0989. The second-order valence-electron chi connectivity index (χ2n) is 5.16. The number of rotatable bonds is 4. The second-order valence-corrected chi connectivity index (χ2v) is 6.32. The van der Waals surface area contributed by atoms with Gasteiger partial charge in [0, 0.05) is 27.3 Å². The third-order valence-electron chi connectivity index (χ3n) is 3.58. The highest BCUT2D eigenvalue weighted by molar-refractivity contribution is 14.1. The van der Waals surface area contributed by atoms with E-state index < -0.39 is 5.63 Å². The van der Waals surface area contributed by atoms with Gasteiger partial charge in [0.25, 0.3) is 5.91 Å². The minimum atomic E-state index is -0.395. The van der Waals surface area contributed by atoms with Crippen LogP contribution in [0, 0.1) is 3.57 Å². The number of nitrogens with zero attached hydrogens (tertiary/aromatic N) is 1. The van der Waals surface area contributed by atoms with Gasteiger partial charge < -0.3 is 9.32 Å². The van der Waals surface area contributed by atoms with Crippen LogP contribution in [0.3, 0.4) is 0 Å². The normalized spacial score (nSPS) is 10.5. The van der Waals surface area contributed by atoms with Crippen molar-refractivity contribution >= 4 is 45.2 Å². The first-order valence-electron chi connectivity index (χ1n) is 7.31. The van der Waals surface area contributed by atoms with Gasteiger partial charge >= 0.3 is 5.63 Å². The molecule has 1 heterocycles. The van der Waals surface area contributed by atoms with Crippen molar-refractivity contribution < 1.29 is 9.21 Å². The highest BCUT2D eigenvalue weighted by atomic mass is 127. The maximum absolute atomic E-state index is 12.9. The molecule has 120 valence electrons. The third-order valence-corrected chi connectivity index (χ3v) is 4.52. The lowest BCUT2D eigenvalue weighted by atomic mass is 10.1. The Morgan fingerprint density at radius 2 is 1.96 bits per heavy atom. The van der Waals surface area contributed by atoms with E-state index in [0.29, 0.717) is 17.7 Å². The van der Waals surface area contributed by atoms with Gasteiger partial charge in [-0.3, -0.25) is 4.79 Å². The monoisotopic (exact) mass is 431 g/mol. The van der Waals surface area contributed by atoms with Gasteiger partial charge in [-0.1, -0.05) is 18.2 Å². The molecule has 0 radical (unpaired) electrons. The van der Waals surface area contributed by atoms with E-state index in [1.54, 1.807) is 35.2 Å². The minimum Gasteiger partial charge on any atom is -0.423 e. The fourth-order valence-corrected chi connectivity index (χ4v) is 3.06. The Balaban J connectivity index is 2.06. The Hall–Kier alpha value is -2.41. The molecule has 1 aromatic heterocycles. The molecule has 1 amide bonds. The van der Waals surface area contributed by atoms with E-state index in [4.69, 9.17) is 4.42 Å². The maximum Gasteiger partial charge on any atom is 0.336 e. The molecule has 3 aromatic rings. The number of hydrogen-bond acceptors (Lipinski definition) is 3. The largest absolute Gasteiger partial charge is 0.423 e. The summed E-state index contributed by atoms with van der Waals surface area (Å²) in [6, 6.07) is 15.8. The van der Waals surface area contributed by atoms with Crippen LogP contribution in [-0.4, -0.2) is 12.5 Å². The molecule has 0 unspecified atom stereocenters. The van der Waals surface area contributed by atoms with Gasteiger partial charge in [-0.2, -0.15) is 0 Å². The Kier molecular flexibility index (Phi) is 4.80. The molecule has 0 aliphatic carbocycles. The van der Waals surface area contributed by atoms with Gasteiger partial charge in [-0.15, -0.1) is 6.58 Å². The summed E-state index contributed by atoms with van der Waals surface area (Å²) in [5.41, 5.74) is 1.46. The summed E-state index contributed by atoms with van der Waals surface area (Å²) in [5.74, 6) is -0.100. The highest BCUT2D eigenvalue weighted by Gasteiger charge is 2.19. The first kappa shape index (κ1) is 16.4. The topological polar surface area (TPSA) is 50.5 Å². The van der Waals surface area contributed by atoms with Gasteiger partial charge in [-0.25, -0.2) is 4.79 Å². The summed E-state index contributed by atoms with van der Waals surface area (Å²) in [7, 11) is 0. The van der Waals surface area contributed by atoms with Crippen molar-refractivity contribution in [2.75, 3.05) is 11.4 Å². The first-order chi connectivity index (χ1) is 11.6. The number of carbonyl (C=O) groups is 1. The number of anilines is 1. The zero-order valence-electron chi connectivity index (χ0n) is 12.7. The molecule has 0 N–H and O–H groups in total. The number of halogens is 1. The van der Waals surface area contributed by atoms with Crippen molar-refractivity contribution in [3.05, 3.63) is 86.8 Å². The van der Waals surface area contributed by atoms with Crippen LogP contribution in [-0.2, 0) is 0 Å². The number of benzene rings is 2. The van der Waals surface area contributed by atoms with E-state index in [9.17, 15) is 9.59 Å². The van der Waals surface area contributed by atoms with Crippen molar-refractivity contribution in [3.8, 4) is 0 Å². The Bertz CT molecular complexity index is 978. The lowest BCUT2D eigenvalue weighted by Gasteiger charge is -2.22. The van der Waals surface area contributed by atoms with E-state index in [2.05, 4.69) is 29.2 Å². The third kappa shape index (κ3) is 3.26. The van der Waals surface area contributed by atoms with Crippen molar-refractivity contribution in [1.82, 2.24) is 0 Å². The number of hydrogen-bond donors (Lipinski definition) is 0. The van der Waals surface area contributed by atoms with Crippen LogP contribution in [0.2, 0.25) is 0 Å². The van der Waals surface area contributed by atoms with Crippen LogP contribution in [0.5, 0.6) is 0 Å².